The second kappa shape index (κ2) is 9.57. The number of likely N-dealkylation sites (tertiary alicyclic amines) is 2. The van der Waals surface area contributed by atoms with E-state index >= 15 is 0 Å². The van der Waals surface area contributed by atoms with Gasteiger partial charge in [-0.25, -0.2) is 0 Å². The molecule has 1 aromatic carbocycles. The zero-order chi connectivity index (χ0) is 22.7. The predicted molar refractivity (Wildman–Crippen MR) is 124 cm³/mol. The monoisotopic (exact) mass is 439 g/mol. The van der Waals surface area contributed by atoms with Gasteiger partial charge in [0.05, 0.1) is 17.7 Å². The summed E-state index contributed by atoms with van der Waals surface area (Å²) in [7, 11) is 2.02. The van der Waals surface area contributed by atoms with Crippen molar-refractivity contribution in [2.75, 3.05) is 39.8 Å². The number of benzene rings is 1. The number of hydrogen-bond donors (Lipinski definition) is 2. The second-order valence-corrected chi connectivity index (χ2v) is 9.38. The molecule has 0 bridgehead atoms. The first kappa shape index (κ1) is 22.7. The van der Waals surface area contributed by atoms with Gasteiger partial charge in [0.2, 0.25) is 0 Å². The number of aliphatic hydroxyl groups excluding tert-OH is 1. The van der Waals surface area contributed by atoms with E-state index in [9.17, 15) is 19.8 Å². The van der Waals surface area contributed by atoms with Gasteiger partial charge in [-0.2, -0.15) is 0 Å². The Balaban J connectivity index is 1.68. The maximum Gasteiger partial charge on any atom is 0.255 e. The molecule has 0 radical (unpaired) electrons. The lowest BCUT2D eigenvalue weighted by atomic mass is 9.91. The number of nitrogens with zero attached hydrogens (tertiary/aromatic N) is 3. The summed E-state index contributed by atoms with van der Waals surface area (Å²) in [5.74, 6) is 0.129. The number of amides is 1. The van der Waals surface area contributed by atoms with Gasteiger partial charge in [0.25, 0.3) is 11.5 Å². The van der Waals surface area contributed by atoms with Gasteiger partial charge in [0.1, 0.15) is 0 Å². The van der Waals surface area contributed by atoms with Gasteiger partial charge in [-0.3, -0.25) is 9.59 Å². The van der Waals surface area contributed by atoms with E-state index in [1.165, 1.54) is 10.6 Å². The molecule has 2 saturated heterocycles. The third kappa shape index (κ3) is 4.95. The maximum atomic E-state index is 13.5. The highest BCUT2D eigenvalue weighted by Gasteiger charge is 2.33. The van der Waals surface area contributed by atoms with Crippen molar-refractivity contribution in [1.29, 1.82) is 0 Å². The van der Waals surface area contributed by atoms with Crippen molar-refractivity contribution in [3.63, 3.8) is 0 Å². The smallest absolute Gasteiger partial charge is 0.255 e. The first-order valence-electron chi connectivity index (χ1n) is 11.5. The van der Waals surface area contributed by atoms with Crippen LogP contribution in [0, 0.1) is 5.92 Å². The molecule has 0 atom stereocenters. The first-order chi connectivity index (χ1) is 15.4. The second-order valence-electron chi connectivity index (χ2n) is 9.38. The molecule has 0 saturated carbocycles. The van der Waals surface area contributed by atoms with Crippen molar-refractivity contribution in [2.24, 2.45) is 5.92 Å². The van der Waals surface area contributed by atoms with Crippen LogP contribution in [0.5, 0.6) is 0 Å². The molecule has 0 spiro atoms. The molecule has 1 aromatic heterocycles. The lowest BCUT2D eigenvalue weighted by Crippen LogP contribution is -2.47. The SMILES string of the molecule is CN1CCC(O)(Cn2cc(C(=O)N3CCC(CO)CC3)c(-c3ccccc3)cc2=O)CC1. The van der Waals surface area contributed by atoms with E-state index < -0.39 is 5.60 Å². The fourth-order valence-electron chi connectivity index (χ4n) is 4.72. The van der Waals surface area contributed by atoms with Crippen molar-refractivity contribution in [1.82, 2.24) is 14.4 Å². The molecule has 32 heavy (non-hydrogen) atoms. The summed E-state index contributed by atoms with van der Waals surface area (Å²) in [5.41, 5.74) is 0.756. The van der Waals surface area contributed by atoms with Gasteiger partial charge < -0.3 is 24.6 Å². The molecular weight excluding hydrogens is 406 g/mol. The van der Waals surface area contributed by atoms with E-state index in [2.05, 4.69) is 4.90 Å². The Morgan fingerprint density at radius 3 is 2.38 bits per heavy atom. The Labute approximate surface area is 188 Å². The van der Waals surface area contributed by atoms with E-state index in [1.807, 2.05) is 42.3 Å². The van der Waals surface area contributed by atoms with Crippen molar-refractivity contribution < 1.29 is 15.0 Å². The number of aromatic nitrogens is 1. The Kier molecular flexibility index (Phi) is 6.79. The number of hydrogen-bond acceptors (Lipinski definition) is 5. The molecule has 4 rings (SSSR count). The Bertz CT molecular complexity index is 988. The van der Waals surface area contributed by atoms with E-state index in [-0.39, 0.29) is 30.5 Å². The summed E-state index contributed by atoms with van der Waals surface area (Å²) < 4.78 is 1.51. The van der Waals surface area contributed by atoms with Crippen LogP contribution in [0.2, 0.25) is 0 Å². The molecule has 2 aliphatic rings. The first-order valence-corrected chi connectivity index (χ1v) is 11.5. The van der Waals surface area contributed by atoms with E-state index in [0.29, 0.717) is 37.1 Å². The van der Waals surface area contributed by atoms with Crippen molar-refractivity contribution in [3.05, 3.63) is 58.5 Å². The largest absolute Gasteiger partial charge is 0.396 e. The number of carbonyl (C=O) groups is 1. The lowest BCUT2D eigenvalue weighted by molar-refractivity contribution is -0.0298. The number of rotatable bonds is 5. The predicted octanol–water partition coefficient (Wildman–Crippen LogP) is 1.82. The van der Waals surface area contributed by atoms with Gasteiger partial charge in [-0.15, -0.1) is 0 Å². The summed E-state index contributed by atoms with van der Waals surface area (Å²) in [6.45, 7) is 3.07. The lowest BCUT2D eigenvalue weighted by Gasteiger charge is -2.37. The number of carbonyl (C=O) groups excluding carboxylic acids is 1. The van der Waals surface area contributed by atoms with Crippen LogP contribution in [0.1, 0.15) is 36.0 Å². The average Bonchev–Trinajstić information content (AvgIpc) is 2.82. The molecule has 1 amide bonds. The highest BCUT2D eigenvalue weighted by Crippen LogP contribution is 2.27. The van der Waals surface area contributed by atoms with E-state index in [4.69, 9.17) is 0 Å². The van der Waals surface area contributed by atoms with Crippen LogP contribution in [-0.4, -0.2) is 75.9 Å². The normalized spacial score (nSPS) is 19.8. The van der Waals surface area contributed by atoms with Crippen LogP contribution in [0.4, 0.5) is 0 Å². The minimum atomic E-state index is -0.954. The number of piperidine rings is 2. The zero-order valence-corrected chi connectivity index (χ0v) is 18.7. The molecule has 0 unspecified atom stereocenters. The van der Waals surface area contributed by atoms with Gasteiger partial charge in [0, 0.05) is 50.6 Å². The fourth-order valence-corrected chi connectivity index (χ4v) is 4.72. The molecule has 2 fully saturated rings. The van der Waals surface area contributed by atoms with Crippen LogP contribution < -0.4 is 5.56 Å². The topological polar surface area (TPSA) is 86.0 Å². The number of aliphatic hydroxyl groups is 2. The van der Waals surface area contributed by atoms with Gasteiger partial charge in [0.15, 0.2) is 0 Å². The van der Waals surface area contributed by atoms with E-state index in [0.717, 1.165) is 31.5 Å². The minimum Gasteiger partial charge on any atom is -0.396 e. The molecule has 3 heterocycles. The Morgan fingerprint density at radius 2 is 1.75 bits per heavy atom. The molecule has 2 N–H and O–H groups in total. The fraction of sp³-hybridized carbons (Fsp3) is 0.520. The molecule has 0 aliphatic carbocycles. The molecular formula is C25H33N3O4. The van der Waals surface area contributed by atoms with Crippen molar-refractivity contribution >= 4 is 5.91 Å². The molecule has 7 heteroatoms. The summed E-state index contributed by atoms with van der Waals surface area (Å²) in [6, 6.07) is 11.0. The Hall–Kier alpha value is -2.48. The van der Waals surface area contributed by atoms with Crippen molar-refractivity contribution in [2.45, 2.75) is 37.8 Å². The van der Waals surface area contributed by atoms with Gasteiger partial charge in [-0.05, 0) is 44.2 Å². The highest BCUT2D eigenvalue weighted by molar-refractivity contribution is 6.00. The highest BCUT2D eigenvalue weighted by atomic mass is 16.3. The quantitative estimate of drug-likeness (QED) is 0.742. The third-order valence-corrected chi connectivity index (χ3v) is 6.98. The van der Waals surface area contributed by atoms with Crippen LogP contribution in [0.25, 0.3) is 11.1 Å². The summed E-state index contributed by atoms with van der Waals surface area (Å²) in [4.78, 5) is 30.5. The minimum absolute atomic E-state index is 0.107. The number of pyridine rings is 1. The van der Waals surface area contributed by atoms with Crippen LogP contribution in [-0.2, 0) is 6.54 Å². The van der Waals surface area contributed by atoms with Gasteiger partial charge >= 0.3 is 0 Å². The maximum absolute atomic E-state index is 13.5. The van der Waals surface area contributed by atoms with Crippen LogP contribution in [0.15, 0.2) is 47.4 Å². The third-order valence-electron chi connectivity index (χ3n) is 6.98. The molecule has 7 nitrogen and oxygen atoms in total. The van der Waals surface area contributed by atoms with E-state index in [1.54, 1.807) is 6.20 Å². The van der Waals surface area contributed by atoms with Crippen molar-refractivity contribution in [3.8, 4) is 11.1 Å². The molecule has 2 aliphatic heterocycles. The Morgan fingerprint density at radius 1 is 1.09 bits per heavy atom. The average molecular weight is 440 g/mol. The molecule has 172 valence electrons. The summed E-state index contributed by atoms with van der Waals surface area (Å²) >= 11 is 0. The van der Waals surface area contributed by atoms with Crippen LogP contribution >= 0.6 is 0 Å². The van der Waals surface area contributed by atoms with Crippen LogP contribution in [0.3, 0.4) is 0 Å². The van der Waals surface area contributed by atoms with Gasteiger partial charge in [-0.1, -0.05) is 30.3 Å². The summed E-state index contributed by atoms with van der Waals surface area (Å²) in [5, 5.41) is 20.5. The summed E-state index contributed by atoms with van der Waals surface area (Å²) in [6.07, 6.45) is 4.37. The zero-order valence-electron chi connectivity index (χ0n) is 18.7. The standard InChI is InChI=1S/C25H33N3O4/c1-26-13-9-25(32,10-14-26)18-28-16-22(24(31)27-11-7-19(17-29)8-12-27)21(15-23(28)30)20-5-3-2-4-6-20/h2-6,15-16,19,29,32H,7-14,17-18H2,1H3. The molecule has 2 aromatic rings.